The number of hydrogen-bond acceptors (Lipinski definition) is 4. The van der Waals surface area contributed by atoms with E-state index < -0.39 is 41.2 Å². The second-order valence-electron chi connectivity index (χ2n) is 8.91. The van der Waals surface area contributed by atoms with E-state index in [1.54, 1.807) is 41.5 Å². The molecule has 6 nitrogen and oxygen atoms in total. The van der Waals surface area contributed by atoms with Gasteiger partial charge in [-0.2, -0.15) is 0 Å². The van der Waals surface area contributed by atoms with Crippen molar-refractivity contribution in [3.8, 4) is 0 Å². The predicted molar refractivity (Wildman–Crippen MR) is 105 cm³/mol. The van der Waals surface area contributed by atoms with Crippen molar-refractivity contribution in [2.24, 2.45) is 0 Å². The average Bonchev–Trinajstić information content (AvgIpc) is 2.89. The first-order valence-corrected chi connectivity index (χ1v) is 9.55. The van der Waals surface area contributed by atoms with E-state index in [0.717, 1.165) is 0 Å². The van der Waals surface area contributed by atoms with Gasteiger partial charge in [0.2, 0.25) is 0 Å². The van der Waals surface area contributed by atoms with Crippen molar-refractivity contribution < 1.29 is 23.5 Å². The van der Waals surface area contributed by atoms with Gasteiger partial charge in [-0.1, -0.05) is 11.6 Å². The number of benzene rings is 1. The molecule has 0 saturated carbocycles. The lowest BCUT2D eigenvalue weighted by Crippen LogP contribution is -2.43. The molecule has 2 atom stereocenters. The molecular weight excluding hydrogens is 387 g/mol. The SMILES string of the molecule is CC(C)(C)OC(=O)N[C@H]1CN(C(=O)OC(C)(C)C)C[C@@H]1c1cc(Cl)ccc1F. The van der Waals surface area contributed by atoms with Gasteiger partial charge in [0.15, 0.2) is 0 Å². The number of carbonyl (C=O) groups is 2. The third kappa shape index (κ3) is 6.26. The first-order valence-electron chi connectivity index (χ1n) is 9.17. The monoisotopic (exact) mass is 414 g/mol. The van der Waals surface area contributed by atoms with Crippen LogP contribution in [0.15, 0.2) is 18.2 Å². The molecule has 1 aromatic rings. The Kier molecular flexibility index (Phi) is 6.48. The fourth-order valence-electron chi connectivity index (χ4n) is 3.00. The Morgan fingerprint density at radius 3 is 2.29 bits per heavy atom. The van der Waals surface area contributed by atoms with Gasteiger partial charge in [-0.15, -0.1) is 0 Å². The van der Waals surface area contributed by atoms with Gasteiger partial charge in [0.05, 0.1) is 6.04 Å². The Labute approximate surface area is 170 Å². The molecule has 1 saturated heterocycles. The summed E-state index contributed by atoms with van der Waals surface area (Å²) < 4.78 is 25.2. The van der Waals surface area contributed by atoms with Crippen molar-refractivity contribution in [2.45, 2.75) is 64.7 Å². The zero-order valence-corrected chi connectivity index (χ0v) is 17.9. The van der Waals surface area contributed by atoms with Crippen LogP contribution in [0.25, 0.3) is 0 Å². The van der Waals surface area contributed by atoms with E-state index >= 15 is 0 Å². The zero-order valence-electron chi connectivity index (χ0n) is 17.1. The van der Waals surface area contributed by atoms with Crippen LogP contribution in [0.4, 0.5) is 14.0 Å². The molecule has 2 amide bonds. The predicted octanol–water partition coefficient (Wildman–Crippen LogP) is 4.71. The minimum atomic E-state index is -0.676. The van der Waals surface area contributed by atoms with E-state index in [9.17, 15) is 14.0 Å². The van der Waals surface area contributed by atoms with Crippen LogP contribution in [0.1, 0.15) is 53.0 Å². The van der Waals surface area contributed by atoms with Crippen molar-refractivity contribution in [3.05, 3.63) is 34.6 Å². The van der Waals surface area contributed by atoms with Crippen LogP contribution < -0.4 is 5.32 Å². The second kappa shape index (κ2) is 8.15. The number of hydrogen-bond donors (Lipinski definition) is 1. The Hall–Kier alpha value is -2.02. The number of carbonyl (C=O) groups excluding carboxylic acids is 2. The largest absolute Gasteiger partial charge is 0.444 e. The molecule has 0 unspecified atom stereocenters. The molecule has 0 radical (unpaired) electrons. The summed E-state index contributed by atoms with van der Waals surface area (Å²) in [5, 5.41) is 3.14. The van der Waals surface area contributed by atoms with E-state index in [4.69, 9.17) is 21.1 Å². The first kappa shape index (κ1) is 22.3. The summed E-state index contributed by atoms with van der Waals surface area (Å²) in [7, 11) is 0. The maximum Gasteiger partial charge on any atom is 0.410 e. The third-order valence-corrected chi connectivity index (χ3v) is 4.27. The van der Waals surface area contributed by atoms with E-state index in [1.165, 1.54) is 23.1 Å². The van der Waals surface area contributed by atoms with Crippen LogP contribution in [0.5, 0.6) is 0 Å². The molecule has 0 aliphatic carbocycles. The second-order valence-corrected chi connectivity index (χ2v) is 9.35. The molecule has 1 fully saturated rings. The number of amides is 2. The molecule has 1 aliphatic rings. The lowest BCUT2D eigenvalue weighted by atomic mass is 9.94. The summed E-state index contributed by atoms with van der Waals surface area (Å²) >= 11 is 6.04. The lowest BCUT2D eigenvalue weighted by Gasteiger charge is -2.25. The molecule has 28 heavy (non-hydrogen) atoms. The first-order chi connectivity index (χ1) is 12.7. The maximum atomic E-state index is 14.5. The molecular formula is C20H28ClFN2O4. The lowest BCUT2D eigenvalue weighted by molar-refractivity contribution is 0.0281. The van der Waals surface area contributed by atoms with Crippen LogP contribution in [-0.4, -0.2) is 47.4 Å². The molecule has 0 bridgehead atoms. The van der Waals surface area contributed by atoms with Gasteiger partial charge >= 0.3 is 12.2 Å². The van der Waals surface area contributed by atoms with Crippen molar-refractivity contribution in [3.63, 3.8) is 0 Å². The standard InChI is InChI=1S/C20H28ClFN2O4/c1-19(2,3)27-17(25)23-16-11-24(18(26)28-20(4,5)6)10-14(16)13-9-12(21)7-8-15(13)22/h7-9,14,16H,10-11H2,1-6H3,(H,23,25)/t14-,16+/m1/s1. The van der Waals surface area contributed by atoms with Crippen molar-refractivity contribution >= 4 is 23.8 Å². The molecule has 1 aliphatic heterocycles. The number of nitrogens with zero attached hydrogens (tertiary/aromatic N) is 1. The minimum absolute atomic E-state index is 0.171. The van der Waals surface area contributed by atoms with Crippen molar-refractivity contribution in [1.29, 1.82) is 0 Å². The van der Waals surface area contributed by atoms with E-state index in [1.807, 2.05) is 0 Å². The minimum Gasteiger partial charge on any atom is -0.444 e. The summed E-state index contributed by atoms with van der Waals surface area (Å²) in [6.07, 6.45) is -1.15. The molecule has 156 valence electrons. The van der Waals surface area contributed by atoms with Crippen LogP contribution >= 0.6 is 11.6 Å². The number of rotatable bonds is 2. The number of alkyl carbamates (subject to hydrolysis) is 1. The van der Waals surface area contributed by atoms with Gasteiger partial charge in [-0.05, 0) is 65.3 Å². The number of nitrogens with one attached hydrogen (secondary N) is 1. The third-order valence-electron chi connectivity index (χ3n) is 4.03. The number of ether oxygens (including phenoxy) is 2. The fourth-order valence-corrected chi connectivity index (χ4v) is 3.18. The maximum absolute atomic E-state index is 14.5. The van der Waals surface area contributed by atoms with Gasteiger partial charge in [-0.3, -0.25) is 0 Å². The summed E-state index contributed by atoms with van der Waals surface area (Å²) in [5.41, 5.74) is -1.01. The number of likely N-dealkylation sites (tertiary alicyclic amines) is 1. The Morgan fingerprint density at radius 2 is 1.71 bits per heavy atom. The van der Waals surface area contributed by atoms with Gasteiger partial charge in [0, 0.05) is 24.0 Å². The smallest absolute Gasteiger partial charge is 0.410 e. The summed E-state index contributed by atoms with van der Waals surface area (Å²) in [6.45, 7) is 10.9. The quantitative estimate of drug-likeness (QED) is 0.761. The molecule has 2 rings (SSSR count). The average molecular weight is 415 g/mol. The number of halogens is 2. The summed E-state index contributed by atoms with van der Waals surface area (Å²) in [6, 6.07) is 3.70. The molecule has 0 aromatic heterocycles. The van der Waals surface area contributed by atoms with Gasteiger partial charge in [-0.25, -0.2) is 14.0 Å². The summed E-state index contributed by atoms with van der Waals surface area (Å²) in [4.78, 5) is 26.2. The molecule has 0 spiro atoms. The topological polar surface area (TPSA) is 67.9 Å². The Bertz CT molecular complexity index is 743. The highest BCUT2D eigenvalue weighted by Gasteiger charge is 2.40. The summed E-state index contributed by atoms with van der Waals surface area (Å²) in [5.74, 6) is -0.935. The van der Waals surface area contributed by atoms with E-state index in [0.29, 0.717) is 10.6 Å². The highest BCUT2D eigenvalue weighted by Crippen LogP contribution is 2.32. The van der Waals surface area contributed by atoms with Gasteiger partial charge in [0.1, 0.15) is 17.0 Å². The fraction of sp³-hybridized carbons (Fsp3) is 0.600. The van der Waals surface area contributed by atoms with Crippen LogP contribution in [-0.2, 0) is 9.47 Å². The van der Waals surface area contributed by atoms with E-state index in [2.05, 4.69) is 5.32 Å². The normalized spacial score (nSPS) is 20.1. The highest BCUT2D eigenvalue weighted by atomic mass is 35.5. The molecule has 8 heteroatoms. The van der Waals surface area contributed by atoms with E-state index in [-0.39, 0.29) is 13.1 Å². The van der Waals surface area contributed by atoms with Crippen LogP contribution in [0.3, 0.4) is 0 Å². The zero-order chi connectivity index (χ0) is 21.3. The molecule has 1 heterocycles. The van der Waals surface area contributed by atoms with Crippen molar-refractivity contribution in [1.82, 2.24) is 10.2 Å². The Morgan fingerprint density at radius 1 is 1.11 bits per heavy atom. The van der Waals surface area contributed by atoms with Crippen LogP contribution in [0, 0.1) is 5.82 Å². The highest BCUT2D eigenvalue weighted by molar-refractivity contribution is 6.30. The Balaban J connectivity index is 2.26. The van der Waals surface area contributed by atoms with Crippen LogP contribution in [0.2, 0.25) is 5.02 Å². The molecule has 1 N–H and O–H groups in total. The van der Waals surface area contributed by atoms with Gasteiger partial charge < -0.3 is 19.7 Å². The van der Waals surface area contributed by atoms with Crippen molar-refractivity contribution in [2.75, 3.05) is 13.1 Å². The molecule has 1 aromatic carbocycles. The van der Waals surface area contributed by atoms with Gasteiger partial charge in [0.25, 0.3) is 0 Å².